The van der Waals surface area contributed by atoms with Crippen molar-refractivity contribution in [1.29, 1.82) is 0 Å². The van der Waals surface area contributed by atoms with Gasteiger partial charge in [0.2, 0.25) is 17.7 Å². The molecule has 4 aliphatic heterocycles. The van der Waals surface area contributed by atoms with Gasteiger partial charge in [0, 0.05) is 30.0 Å². The minimum absolute atomic E-state index is 0.0143. The molecule has 38 heavy (non-hydrogen) atoms. The number of carbonyl (C=O) groups is 4. The number of β-amino-alcohol motifs (C(OH)–C–C–N with tert-alkyl or cyclic N) is 1. The van der Waals surface area contributed by atoms with Gasteiger partial charge in [0.1, 0.15) is 29.8 Å². The number of hydrogen-bond donors (Lipinski definition) is 2. The summed E-state index contributed by atoms with van der Waals surface area (Å²) in [6, 6.07) is -0.991. The number of rotatable bonds is 3. The van der Waals surface area contributed by atoms with Crippen molar-refractivity contribution in [3.8, 4) is 0 Å². The Balaban J connectivity index is 1.57. The molecule has 0 unspecified atom stereocenters. The van der Waals surface area contributed by atoms with Gasteiger partial charge in [0.05, 0.1) is 19.1 Å². The number of fused-ring (bicyclic) bond motifs is 2. The van der Waals surface area contributed by atoms with Crippen LogP contribution in [0.25, 0.3) is 0 Å². The summed E-state index contributed by atoms with van der Waals surface area (Å²) in [6.07, 6.45) is 9.94. The SMILES string of the molecule is C[C@H]1CNC(=O)CC/C=C\CN(C2CCCCC2)C(=O)[C@H]2N(CCO)C(=O)[C@@H]3[C@@H](C(=O)O1)[C@@H]1O[C@@]32C=C1Br. The third kappa shape index (κ3) is 4.70. The number of ether oxygens (including phenoxy) is 2. The number of esters is 1. The summed E-state index contributed by atoms with van der Waals surface area (Å²) >= 11 is 3.53. The first-order chi connectivity index (χ1) is 18.3. The van der Waals surface area contributed by atoms with Crippen LogP contribution in [0.2, 0.25) is 0 Å². The van der Waals surface area contributed by atoms with Crippen molar-refractivity contribution in [1.82, 2.24) is 15.1 Å². The van der Waals surface area contributed by atoms with Gasteiger partial charge >= 0.3 is 5.97 Å². The maximum Gasteiger partial charge on any atom is 0.313 e. The fourth-order valence-corrected chi connectivity index (χ4v) is 7.50. The Bertz CT molecular complexity index is 1040. The average Bonchev–Trinajstić information content (AvgIpc) is 3.48. The molecule has 0 aromatic rings. The lowest BCUT2D eigenvalue weighted by molar-refractivity contribution is -0.158. The van der Waals surface area contributed by atoms with Gasteiger partial charge in [0.15, 0.2) is 0 Å². The number of aliphatic hydroxyl groups is 1. The number of allylic oxidation sites excluding steroid dienone is 1. The van der Waals surface area contributed by atoms with Gasteiger partial charge in [-0.3, -0.25) is 19.2 Å². The number of cyclic esters (lactones) is 1. The second-order valence-corrected chi connectivity index (χ2v) is 11.8. The summed E-state index contributed by atoms with van der Waals surface area (Å²) in [5.41, 5.74) is -1.33. The Morgan fingerprint density at radius 1 is 1.13 bits per heavy atom. The first kappa shape index (κ1) is 27.3. The van der Waals surface area contributed by atoms with E-state index in [-0.39, 0.29) is 49.9 Å². The Morgan fingerprint density at radius 2 is 1.89 bits per heavy atom. The number of carbonyl (C=O) groups excluding carboxylic acids is 4. The molecule has 10 nitrogen and oxygen atoms in total. The van der Waals surface area contributed by atoms with Crippen LogP contribution in [-0.2, 0) is 28.7 Å². The van der Waals surface area contributed by atoms with Crippen molar-refractivity contribution in [2.75, 3.05) is 26.2 Å². The minimum Gasteiger partial charge on any atom is -0.460 e. The maximum atomic E-state index is 14.5. The first-order valence-corrected chi connectivity index (χ1v) is 14.5. The molecule has 6 atom stereocenters. The first-order valence-electron chi connectivity index (χ1n) is 13.7. The van der Waals surface area contributed by atoms with Gasteiger partial charge in [-0.2, -0.15) is 0 Å². The summed E-state index contributed by atoms with van der Waals surface area (Å²) in [4.78, 5) is 57.3. The average molecular weight is 595 g/mol. The zero-order valence-corrected chi connectivity index (χ0v) is 23.2. The second kappa shape index (κ2) is 11.1. The third-order valence-electron chi connectivity index (χ3n) is 8.48. The molecule has 5 bridgehead atoms. The molecular weight excluding hydrogens is 558 g/mol. The summed E-state index contributed by atoms with van der Waals surface area (Å²) in [5.74, 6) is -3.27. The number of hydrogen-bond acceptors (Lipinski definition) is 7. The Labute approximate surface area is 230 Å². The molecule has 1 aliphatic carbocycles. The molecule has 0 aromatic carbocycles. The van der Waals surface area contributed by atoms with E-state index in [1.165, 1.54) is 4.90 Å². The van der Waals surface area contributed by atoms with E-state index < -0.39 is 41.7 Å². The van der Waals surface area contributed by atoms with Crippen LogP contribution in [0.4, 0.5) is 0 Å². The standard InChI is InChI=1S/C27H36BrN3O7/c1-16-15-29-19(33)10-6-3-7-11-30(17-8-4-2-5-9-17)25(35)23-27-14-18(28)22(38-27)20(26(36)37-16)21(27)24(34)31(23)12-13-32/h3,7,14,16-17,20-23,32H,2,4-6,8-13,15H2,1H3,(H,29,33)/b7-3-/t16-,20+,21-,22+,23+,27-/m0/s1. The topological polar surface area (TPSA) is 125 Å². The van der Waals surface area contributed by atoms with Crippen LogP contribution in [0.5, 0.6) is 0 Å². The lowest BCUT2D eigenvalue weighted by Gasteiger charge is -2.40. The van der Waals surface area contributed by atoms with Gasteiger partial charge in [-0.05, 0) is 32.3 Å². The molecular formula is C27H36BrN3O7. The molecule has 2 N–H and O–H groups in total. The van der Waals surface area contributed by atoms with Gasteiger partial charge in [0.25, 0.3) is 0 Å². The second-order valence-electron chi connectivity index (χ2n) is 10.9. The quantitative estimate of drug-likeness (QED) is 0.374. The van der Waals surface area contributed by atoms with E-state index in [9.17, 15) is 24.3 Å². The third-order valence-corrected chi connectivity index (χ3v) is 9.16. The van der Waals surface area contributed by atoms with Gasteiger partial charge < -0.3 is 29.7 Å². The van der Waals surface area contributed by atoms with E-state index in [0.29, 0.717) is 17.4 Å². The monoisotopic (exact) mass is 593 g/mol. The number of halogens is 1. The van der Waals surface area contributed by atoms with E-state index in [1.807, 2.05) is 17.1 Å². The molecule has 5 rings (SSSR count). The molecule has 0 radical (unpaired) electrons. The lowest BCUT2D eigenvalue weighted by atomic mass is 9.74. The Kier molecular flexibility index (Phi) is 7.98. The number of nitrogens with one attached hydrogen (secondary N) is 1. The lowest BCUT2D eigenvalue weighted by Crippen LogP contribution is -2.58. The highest BCUT2D eigenvalue weighted by atomic mass is 79.9. The highest BCUT2D eigenvalue weighted by molar-refractivity contribution is 9.11. The van der Waals surface area contributed by atoms with E-state index in [4.69, 9.17) is 9.47 Å². The smallest absolute Gasteiger partial charge is 0.313 e. The van der Waals surface area contributed by atoms with E-state index in [1.54, 1.807) is 13.0 Å². The van der Waals surface area contributed by atoms with Gasteiger partial charge in [-0.15, -0.1) is 0 Å². The van der Waals surface area contributed by atoms with Gasteiger partial charge in [-0.1, -0.05) is 47.3 Å². The van der Waals surface area contributed by atoms with Crippen LogP contribution in [0.3, 0.4) is 0 Å². The Hall–Kier alpha value is -2.24. The van der Waals surface area contributed by atoms with E-state index in [2.05, 4.69) is 21.2 Å². The van der Waals surface area contributed by atoms with Crippen LogP contribution in [-0.4, -0.2) is 94.7 Å². The van der Waals surface area contributed by atoms with Crippen LogP contribution in [0.15, 0.2) is 22.7 Å². The largest absolute Gasteiger partial charge is 0.460 e. The molecule has 3 fully saturated rings. The molecule has 208 valence electrons. The van der Waals surface area contributed by atoms with Gasteiger partial charge in [-0.25, -0.2) is 0 Å². The predicted molar refractivity (Wildman–Crippen MR) is 140 cm³/mol. The van der Waals surface area contributed by atoms with Crippen molar-refractivity contribution in [2.24, 2.45) is 11.8 Å². The molecule has 1 saturated carbocycles. The van der Waals surface area contributed by atoms with Crippen LogP contribution in [0.1, 0.15) is 51.9 Å². The van der Waals surface area contributed by atoms with Crippen LogP contribution in [0, 0.1) is 11.8 Å². The molecule has 3 amide bonds. The zero-order chi connectivity index (χ0) is 27.0. The van der Waals surface area contributed by atoms with E-state index >= 15 is 0 Å². The molecule has 11 heteroatoms. The summed E-state index contributed by atoms with van der Waals surface area (Å²) in [5, 5.41) is 12.6. The molecule has 4 heterocycles. The van der Waals surface area contributed by atoms with Crippen molar-refractivity contribution in [2.45, 2.75) is 81.8 Å². The Morgan fingerprint density at radius 3 is 2.63 bits per heavy atom. The number of likely N-dealkylation sites (tertiary alicyclic amines) is 1. The normalized spacial score (nSPS) is 37.7. The summed E-state index contributed by atoms with van der Waals surface area (Å²) in [6.45, 7) is 1.83. The fraction of sp³-hybridized carbons (Fsp3) is 0.704. The minimum atomic E-state index is -1.33. The van der Waals surface area contributed by atoms with Crippen molar-refractivity contribution < 1.29 is 33.8 Å². The fourth-order valence-electron chi connectivity index (χ4n) is 6.77. The number of amides is 3. The number of aliphatic hydroxyl groups excluding tert-OH is 1. The predicted octanol–water partition coefficient (Wildman–Crippen LogP) is 1.41. The van der Waals surface area contributed by atoms with Crippen LogP contribution >= 0.6 is 15.9 Å². The van der Waals surface area contributed by atoms with Crippen LogP contribution < -0.4 is 5.32 Å². The van der Waals surface area contributed by atoms with E-state index in [0.717, 1.165) is 32.1 Å². The molecule has 2 saturated heterocycles. The molecule has 0 aromatic heterocycles. The van der Waals surface area contributed by atoms with Crippen molar-refractivity contribution >= 4 is 39.6 Å². The summed E-state index contributed by atoms with van der Waals surface area (Å²) < 4.78 is 12.7. The van der Waals surface area contributed by atoms with Crippen molar-refractivity contribution in [3.05, 3.63) is 22.7 Å². The van der Waals surface area contributed by atoms with Crippen molar-refractivity contribution in [3.63, 3.8) is 0 Å². The zero-order valence-electron chi connectivity index (χ0n) is 21.6. The maximum absolute atomic E-state index is 14.5. The molecule has 1 spiro atoms. The molecule has 5 aliphatic rings. The highest BCUT2D eigenvalue weighted by Gasteiger charge is 2.75. The number of nitrogens with zero attached hydrogens (tertiary/aromatic N) is 2. The summed E-state index contributed by atoms with van der Waals surface area (Å²) in [7, 11) is 0. The highest BCUT2D eigenvalue weighted by Crippen LogP contribution is 2.58.